The molecule has 2 rings (SSSR count). The van der Waals surface area contributed by atoms with Crippen LogP contribution in [0.15, 0.2) is 6.20 Å². The molecule has 0 radical (unpaired) electrons. The zero-order valence-corrected chi connectivity index (χ0v) is 11.8. The third-order valence-electron chi connectivity index (χ3n) is 2.77. The molecule has 0 aliphatic carbocycles. The Morgan fingerprint density at radius 2 is 2.32 bits per heavy atom. The van der Waals surface area contributed by atoms with Gasteiger partial charge in [-0.25, -0.2) is 13.4 Å². The van der Waals surface area contributed by atoms with Crippen molar-refractivity contribution < 1.29 is 17.5 Å². The van der Waals surface area contributed by atoms with Crippen molar-refractivity contribution in [1.82, 2.24) is 14.3 Å². The lowest BCUT2D eigenvalue weighted by Crippen LogP contribution is -2.44. The molecule has 0 unspecified atom stereocenters. The first-order valence-corrected chi connectivity index (χ1v) is 7.88. The van der Waals surface area contributed by atoms with E-state index in [1.807, 2.05) is 0 Å². The van der Waals surface area contributed by atoms with Crippen molar-refractivity contribution in [2.24, 2.45) is 0 Å². The second-order valence-electron chi connectivity index (χ2n) is 4.30. The fourth-order valence-electron chi connectivity index (χ4n) is 1.87. The van der Waals surface area contributed by atoms with E-state index < -0.39 is 21.9 Å². The lowest BCUT2D eigenvalue weighted by atomic mass is 10.1. The smallest absolute Gasteiger partial charge is 0.255 e. The lowest BCUT2D eigenvalue weighted by molar-refractivity contribution is 0.119. The van der Waals surface area contributed by atoms with E-state index in [2.05, 4.69) is 9.97 Å². The van der Waals surface area contributed by atoms with Crippen molar-refractivity contribution in [3.8, 4) is 5.88 Å². The Labute approximate surface area is 115 Å². The van der Waals surface area contributed by atoms with E-state index in [9.17, 15) is 12.8 Å². The predicted molar refractivity (Wildman–Crippen MR) is 67.1 cm³/mol. The van der Waals surface area contributed by atoms with Crippen LogP contribution in [-0.4, -0.2) is 48.1 Å². The minimum atomic E-state index is -3.27. The van der Waals surface area contributed by atoms with Crippen LogP contribution >= 0.6 is 11.6 Å². The Balaban J connectivity index is 2.09. The lowest BCUT2D eigenvalue weighted by Gasteiger charge is -2.30. The highest BCUT2D eigenvalue weighted by Gasteiger charge is 2.28. The summed E-state index contributed by atoms with van der Waals surface area (Å²) in [5, 5.41) is -0.118. The molecule has 1 aromatic heterocycles. The topological polar surface area (TPSA) is 72.4 Å². The van der Waals surface area contributed by atoms with Gasteiger partial charge in [0.1, 0.15) is 6.10 Å². The first-order chi connectivity index (χ1) is 8.86. The molecule has 1 atom stereocenters. The summed E-state index contributed by atoms with van der Waals surface area (Å²) in [5.41, 5.74) is 0. The van der Waals surface area contributed by atoms with Gasteiger partial charge in [-0.2, -0.15) is 13.7 Å². The maximum absolute atomic E-state index is 13.4. The molecule has 1 aliphatic heterocycles. The SMILES string of the molecule is CS(=O)(=O)N1CCC[C@@H](Oc2nc(Cl)ncc2F)C1. The summed E-state index contributed by atoms with van der Waals surface area (Å²) >= 11 is 5.56. The number of hydrogen-bond acceptors (Lipinski definition) is 5. The normalized spacial score (nSPS) is 21.3. The number of nitrogens with zero attached hydrogens (tertiary/aromatic N) is 3. The van der Waals surface area contributed by atoms with Crippen LogP contribution in [0.2, 0.25) is 5.28 Å². The van der Waals surface area contributed by atoms with E-state index in [1.165, 1.54) is 4.31 Å². The molecule has 1 aromatic rings. The van der Waals surface area contributed by atoms with Crippen LogP contribution in [0.1, 0.15) is 12.8 Å². The number of rotatable bonds is 3. The van der Waals surface area contributed by atoms with Crippen LogP contribution < -0.4 is 4.74 Å². The molecular formula is C10H13ClFN3O3S. The highest BCUT2D eigenvalue weighted by Crippen LogP contribution is 2.21. The van der Waals surface area contributed by atoms with E-state index in [0.29, 0.717) is 19.4 Å². The second kappa shape index (κ2) is 5.56. The molecule has 9 heteroatoms. The molecule has 1 aliphatic rings. The number of halogens is 2. The molecule has 2 heterocycles. The second-order valence-corrected chi connectivity index (χ2v) is 6.62. The van der Waals surface area contributed by atoms with Crippen molar-refractivity contribution in [1.29, 1.82) is 0 Å². The Kier molecular flexibility index (Phi) is 4.22. The molecular weight excluding hydrogens is 297 g/mol. The molecule has 0 saturated carbocycles. The molecule has 1 saturated heterocycles. The van der Waals surface area contributed by atoms with Gasteiger partial charge in [0, 0.05) is 6.54 Å². The highest BCUT2D eigenvalue weighted by molar-refractivity contribution is 7.88. The van der Waals surface area contributed by atoms with Crippen molar-refractivity contribution in [3.63, 3.8) is 0 Å². The number of piperidine rings is 1. The molecule has 106 valence electrons. The summed E-state index contributed by atoms with van der Waals surface area (Å²) in [7, 11) is -3.27. The average molecular weight is 310 g/mol. The largest absolute Gasteiger partial charge is 0.471 e. The molecule has 0 aromatic carbocycles. The number of hydrogen-bond donors (Lipinski definition) is 0. The summed E-state index contributed by atoms with van der Waals surface area (Å²) in [6.07, 6.45) is 2.90. The zero-order chi connectivity index (χ0) is 14.0. The summed E-state index contributed by atoms with van der Waals surface area (Å²) in [6, 6.07) is 0. The molecule has 19 heavy (non-hydrogen) atoms. The summed E-state index contributed by atoms with van der Waals surface area (Å²) in [4.78, 5) is 7.12. The number of ether oxygens (including phenoxy) is 1. The third-order valence-corrected chi connectivity index (χ3v) is 4.22. The Morgan fingerprint density at radius 3 is 3.00 bits per heavy atom. The third kappa shape index (κ3) is 3.74. The van der Waals surface area contributed by atoms with Crippen LogP contribution in [0, 0.1) is 5.82 Å². The molecule has 1 fully saturated rings. The van der Waals surface area contributed by atoms with Crippen LogP contribution in [0.5, 0.6) is 5.88 Å². The Morgan fingerprint density at radius 1 is 1.58 bits per heavy atom. The van der Waals surface area contributed by atoms with Gasteiger partial charge in [0.2, 0.25) is 21.1 Å². The first-order valence-electron chi connectivity index (χ1n) is 5.66. The number of aromatic nitrogens is 2. The van der Waals surface area contributed by atoms with Crippen LogP contribution in [0.3, 0.4) is 0 Å². The fourth-order valence-corrected chi connectivity index (χ4v) is 2.90. The molecule has 0 N–H and O–H groups in total. The Hall–Kier alpha value is -0.990. The van der Waals surface area contributed by atoms with Gasteiger partial charge in [-0.05, 0) is 24.4 Å². The van der Waals surface area contributed by atoms with Gasteiger partial charge in [-0.1, -0.05) is 0 Å². The van der Waals surface area contributed by atoms with Gasteiger partial charge < -0.3 is 4.74 Å². The summed E-state index contributed by atoms with van der Waals surface area (Å²) < 4.78 is 43.0. The highest BCUT2D eigenvalue weighted by atomic mass is 35.5. The fraction of sp³-hybridized carbons (Fsp3) is 0.600. The predicted octanol–water partition coefficient (Wildman–Crippen LogP) is 1.07. The first kappa shape index (κ1) is 14.4. The summed E-state index contributed by atoms with van der Waals surface area (Å²) in [5.74, 6) is -0.971. The number of sulfonamides is 1. The van der Waals surface area contributed by atoms with Crippen LogP contribution in [0.4, 0.5) is 4.39 Å². The maximum Gasteiger partial charge on any atom is 0.255 e. The molecule has 6 nitrogen and oxygen atoms in total. The maximum atomic E-state index is 13.4. The van der Waals surface area contributed by atoms with Gasteiger partial charge in [-0.15, -0.1) is 0 Å². The average Bonchev–Trinajstić information content (AvgIpc) is 2.33. The van der Waals surface area contributed by atoms with E-state index in [-0.39, 0.29) is 17.7 Å². The van der Waals surface area contributed by atoms with Gasteiger partial charge in [0.15, 0.2) is 0 Å². The van der Waals surface area contributed by atoms with E-state index in [1.54, 1.807) is 0 Å². The summed E-state index contributed by atoms with van der Waals surface area (Å²) in [6.45, 7) is 0.631. The zero-order valence-electron chi connectivity index (χ0n) is 10.2. The van der Waals surface area contributed by atoms with Gasteiger partial charge in [0.25, 0.3) is 5.88 Å². The van der Waals surface area contributed by atoms with Crippen molar-refractivity contribution >= 4 is 21.6 Å². The van der Waals surface area contributed by atoms with E-state index in [4.69, 9.17) is 16.3 Å². The minimum absolute atomic E-state index is 0.118. The molecule has 0 spiro atoms. The van der Waals surface area contributed by atoms with Crippen molar-refractivity contribution in [2.45, 2.75) is 18.9 Å². The minimum Gasteiger partial charge on any atom is -0.471 e. The standard InChI is InChI=1S/C10H13ClFN3O3S/c1-19(16,17)15-4-2-3-7(6-15)18-9-8(12)5-13-10(11)14-9/h5,7H,2-4,6H2,1H3/t7-/m1/s1. The van der Waals surface area contributed by atoms with E-state index in [0.717, 1.165) is 12.5 Å². The van der Waals surface area contributed by atoms with Gasteiger partial charge >= 0.3 is 0 Å². The van der Waals surface area contributed by atoms with Gasteiger partial charge in [-0.3, -0.25) is 0 Å². The van der Waals surface area contributed by atoms with Crippen LogP contribution in [0.25, 0.3) is 0 Å². The monoisotopic (exact) mass is 309 g/mol. The molecule has 0 bridgehead atoms. The quantitative estimate of drug-likeness (QED) is 0.781. The van der Waals surface area contributed by atoms with E-state index >= 15 is 0 Å². The Bertz CT molecular complexity index is 569. The van der Waals surface area contributed by atoms with Crippen molar-refractivity contribution in [3.05, 3.63) is 17.3 Å². The molecule has 0 amide bonds. The van der Waals surface area contributed by atoms with Crippen LogP contribution in [-0.2, 0) is 10.0 Å². The van der Waals surface area contributed by atoms with Gasteiger partial charge in [0.05, 0.1) is 19.0 Å². The van der Waals surface area contributed by atoms with Crippen molar-refractivity contribution in [2.75, 3.05) is 19.3 Å².